The van der Waals surface area contributed by atoms with E-state index in [0.717, 1.165) is 83.5 Å². The molecular weight excluding hydrogens is 745 g/mol. The van der Waals surface area contributed by atoms with Crippen LogP contribution < -0.4 is 0 Å². The van der Waals surface area contributed by atoms with Gasteiger partial charge < -0.3 is 14.2 Å². The minimum absolute atomic E-state index is 0.0983. The summed E-state index contributed by atoms with van der Waals surface area (Å²) in [5, 5.41) is 0. The van der Waals surface area contributed by atoms with Gasteiger partial charge in [-0.3, -0.25) is 14.4 Å². The van der Waals surface area contributed by atoms with Gasteiger partial charge in [0.05, 0.1) is 0 Å². The maximum Gasteiger partial charge on any atom is 0.306 e. The van der Waals surface area contributed by atoms with E-state index in [2.05, 4.69) is 69.4 Å². The SMILES string of the molecule is CC\C=C/C=C\C=C/C=C\CCCCCCCC(=O)OC(COC(=O)CCC/C=C\CCCCCC)COC(=O)CCCCCCC/C=C\CCCCCCCCCCC. The summed E-state index contributed by atoms with van der Waals surface area (Å²) in [7, 11) is 0. The molecule has 344 valence electrons. The van der Waals surface area contributed by atoms with Gasteiger partial charge in [-0.25, -0.2) is 0 Å². The highest BCUT2D eigenvalue weighted by Gasteiger charge is 2.19. The Hall–Kier alpha value is -3.15. The van der Waals surface area contributed by atoms with Crippen molar-refractivity contribution in [2.24, 2.45) is 0 Å². The number of ether oxygens (including phenoxy) is 3. The van der Waals surface area contributed by atoms with Crippen LogP contribution in [0.4, 0.5) is 0 Å². The van der Waals surface area contributed by atoms with Crippen LogP contribution in [0.25, 0.3) is 0 Å². The molecule has 0 aromatic rings. The molecule has 0 saturated heterocycles. The second kappa shape index (κ2) is 48.5. The van der Waals surface area contributed by atoms with E-state index in [4.69, 9.17) is 14.2 Å². The van der Waals surface area contributed by atoms with Crippen LogP contribution >= 0.6 is 0 Å². The van der Waals surface area contributed by atoms with Gasteiger partial charge in [-0.1, -0.05) is 203 Å². The van der Waals surface area contributed by atoms with Gasteiger partial charge in [0.25, 0.3) is 0 Å². The van der Waals surface area contributed by atoms with Crippen molar-refractivity contribution >= 4 is 17.9 Å². The molecule has 6 nitrogen and oxygen atoms in total. The first-order valence-electron chi connectivity index (χ1n) is 25.0. The lowest BCUT2D eigenvalue weighted by atomic mass is 10.1. The van der Waals surface area contributed by atoms with Crippen molar-refractivity contribution < 1.29 is 28.6 Å². The lowest BCUT2D eigenvalue weighted by molar-refractivity contribution is -0.167. The van der Waals surface area contributed by atoms with E-state index in [-0.39, 0.29) is 31.1 Å². The normalized spacial score (nSPS) is 12.7. The second-order valence-electron chi connectivity index (χ2n) is 16.4. The first-order valence-corrected chi connectivity index (χ1v) is 25.0. The van der Waals surface area contributed by atoms with E-state index >= 15 is 0 Å². The van der Waals surface area contributed by atoms with E-state index in [1.54, 1.807) is 0 Å². The topological polar surface area (TPSA) is 78.9 Å². The van der Waals surface area contributed by atoms with E-state index in [1.165, 1.54) is 103 Å². The zero-order chi connectivity index (χ0) is 43.7. The Bertz CT molecular complexity index is 1140. The molecule has 60 heavy (non-hydrogen) atoms. The number of carbonyl (C=O) groups is 3. The van der Waals surface area contributed by atoms with Crippen LogP contribution in [0.3, 0.4) is 0 Å². The molecule has 1 atom stereocenters. The Kier molecular flexibility index (Phi) is 46.0. The fourth-order valence-electron chi connectivity index (χ4n) is 6.74. The third-order valence-corrected chi connectivity index (χ3v) is 10.5. The van der Waals surface area contributed by atoms with Crippen molar-refractivity contribution in [3.63, 3.8) is 0 Å². The van der Waals surface area contributed by atoms with E-state index in [9.17, 15) is 14.4 Å². The highest BCUT2D eigenvalue weighted by atomic mass is 16.6. The molecular formula is C54H92O6. The van der Waals surface area contributed by atoms with E-state index in [1.807, 2.05) is 24.3 Å². The van der Waals surface area contributed by atoms with Crippen LogP contribution in [0.2, 0.25) is 0 Å². The Morgan fingerprint density at radius 1 is 0.350 bits per heavy atom. The molecule has 0 rings (SSSR count). The standard InChI is InChI=1S/C54H92O6/c1-4-7-10-13-16-19-21-23-25-26-27-29-30-32-35-38-41-44-47-53(56)59-50-51(49-58-52(55)46-43-40-37-34-18-15-12-9-6-3)60-54(57)48-45-42-39-36-33-31-28-24-22-20-17-14-11-8-5-2/h8,11,14,17,20,22,24,27-29,34,37,51H,4-7,9-10,12-13,15-16,18-19,21,23,25-26,30-33,35-36,38-50H2,1-3H3/b11-8-,17-14-,22-20-,28-24-,29-27-,37-34-. The van der Waals surface area contributed by atoms with Crippen LogP contribution in [0.1, 0.15) is 233 Å². The quantitative estimate of drug-likeness (QED) is 0.0200. The molecule has 0 aromatic heterocycles. The zero-order valence-corrected chi connectivity index (χ0v) is 39.2. The maximum absolute atomic E-state index is 12.7. The summed E-state index contributed by atoms with van der Waals surface area (Å²) in [6, 6.07) is 0. The highest BCUT2D eigenvalue weighted by molar-refractivity contribution is 5.71. The molecule has 0 aliphatic rings. The van der Waals surface area contributed by atoms with E-state index < -0.39 is 6.10 Å². The summed E-state index contributed by atoms with van der Waals surface area (Å²) in [4.78, 5) is 37.8. The summed E-state index contributed by atoms with van der Waals surface area (Å²) < 4.78 is 16.7. The predicted molar refractivity (Wildman–Crippen MR) is 256 cm³/mol. The van der Waals surface area contributed by atoms with Gasteiger partial charge in [0.15, 0.2) is 6.10 Å². The van der Waals surface area contributed by atoms with Gasteiger partial charge in [-0.05, 0) is 83.5 Å². The third kappa shape index (κ3) is 45.9. The average molecular weight is 837 g/mol. The van der Waals surface area contributed by atoms with Crippen molar-refractivity contribution in [2.75, 3.05) is 13.2 Å². The minimum atomic E-state index is -0.800. The highest BCUT2D eigenvalue weighted by Crippen LogP contribution is 2.14. The smallest absolute Gasteiger partial charge is 0.306 e. The largest absolute Gasteiger partial charge is 0.462 e. The van der Waals surface area contributed by atoms with Crippen LogP contribution in [0.15, 0.2) is 72.9 Å². The fourth-order valence-corrected chi connectivity index (χ4v) is 6.74. The molecule has 0 heterocycles. The van der Waals surface area contributed by atoms with Crippen LogP contribution in [0, 0.1) is 0 Å². The lowest BCUT2D eigenvalue weighted by Crippen LogP contribution is -2.30. The molecule has 6 heteroatoms. The van der Waals surface area contributed by atoms with Gasteiger partial charge >= 0.3 is 17.9 Å². The van der Waals surface area contributed by atoms with Gasteiger partial charge in [0.1, 0.15) is 13.2 Å². The molecule has 0 amide bonds. The number of hydrogen-bond donors (Lipinski definition) is 0. The Balaban J connectivity index is 4.39. The summed E-state index contributed by atoms with van der Waals surface area (Å²) in [5.41, 5.74) is 0. The molecule has 0 aliphatic heterocycles. The monoisotopic (exact) mass is 837 g/mol. The van der Waals surface area contributed by atoms with Crippen LogP contribution in [-0.4, -0.2) is 37.2 Å². The fraction of sp³-hybridized carbons (Fsp3) is 0.722. The van der Waals surface area contributed by atoms with Gasteiger partial charge in [-0.2, -0.15) is 0 Å². The van der Waals surface area contributed by atoms with Crippen molar-refractivity contribution in [1.29, 1.82) is 0 Å². The van der Waals surface area contributed by atoms with Crippen LogP contribution in [-0.2, 0) is 28.6 Å². The number of unbranched alkanes of at least 4 members (excludes halogenated alkanes) is 24. The molecule has 0 N–H and O–H groups in total. The average Bonchev–Trinajstić information content (AvgIpc) is 3.24. The number of rotatable bonds is 44. The molecule has 0 radical (unpaired) electrons. The lowest BCUT2D eigenvalue weighted by Gasteiger charge is -2.18. The number of esters is 3. The summed E-state index contributed by atoms with van der Waals surface area (Å²) in [5.74, 6) is -0.968. The third-order valence-electron chi connectivity index (χ3n) is 10.5. The predicted octanol–water partition coefficient (Wildman–Crippen LogP) is 16.3. The molecule has 0 saturated carbocycles. The summed E-state index contributed by atoms with van der Waals surface area (Å²) in [6.45, 7) is 6.41. The summed E-state index contributed by atoms with van der Waals surface area (Å²) in [6.07, 6.45) is 60.4. The number of hydrogen-bond acceptors (Lipinski definition) is 6. The van der Waals surface area contributed by atoms with Crippen molar-refractivity contribution in [3.05, 3.63) is 72.9 Å². The molecule has 0 aromatic carbocycles. The Labute approximate surface area is 370 Å². The van der Waals surface area contributed by atoms with Gasteiger partial charge in [0.2, 0.25) is 0 Å². The Morgan fingerprint density at radius 2 is 0.683 bits per heavy atom. The molecule has 0 spiro atoms. The van der Waals surface area contributed by atoms with Gasteiger partial charge in [-0.15, -0.1) is 0 Å². The first-order chi connectivity index (χ1) is 29.5. The first kappa shape index (κ1) is 56.9. The van der Waals surface area contributed by atoms with E-state index in [0.29, 0.717) is 25.7 Å². The summed E-state index contributed by atoms with van der Waals surface area (Å²) >= 11 is 0. The second-order valence-corrected chi connectivity index (χ2v) is 16.4. The molecule has 0 aliphatic carbocycles. The molecule has 0 bridgehead atoms. The van der Waals surface area contributed by atoms with Crippen molar-refractivity contribution in [1.82, 2.24) is 0 Å². The molecule has 0 fully saturated rings. The number of allylic oxidation sites excluding steroid dienone is 12. The molecule has 1 unspecified atom stereocenters. The van der Waals surface area contributed by atoms with Crippen molar-refractivity contribution in [3.8, 4) is 0 Å². The number of carbonyl (C=O) groups excluding carboxylic acids is 3. The minimum Gasteiger partial charge on any atom is -0.462 e. The van der Waals surface area contributed by atoms with Crippen LogP contribution in [0.5, 0.6) is 0 Å². The maximum atomic E-state index is 12.7. The Morgan fingerprint density at radius 3 is 1.15 bits per heavy atom. The van der Waals surface area contributed by atoms with Crippen molar-refractivity contribution in [2.45, 2.75) is 239 Å². The zero-order valence-electron chi connectivity index (χ0n) is 39.2. The van der Waals surface area contributed by atoms with Gasteiger partial charge in [0, 0.05) is 19.3 Å².